The van der Waals surface area contributed by atoms with Crippen molar-refractivity contribution in [1.29, 1.82) is 0 Å². The van der Waals surface area contributed by atoms with Crippen molar-refractivity contribution in [3.8, 4) is 22.4 Å². The summed E-state index contributed by atoms with van der Waals surface area (Å²) in [4.78, 5) is 79.6. The van der Waals surface area contributed by atoms with Crippen molar-refractivity contribution in [2.24, 2.45) is 16.7 Å². The molecule has 5 amide bonds. The van der Waals surface area contributed by atoms with Crippen molar-refractivity contribution in [1.82, 2.24) is 40.0 Å². The summed E-state index contributed by atoms with van der Waals surface area (Å²) in [6.45, 7) is 19.0. The molecule has 3 aromatic heterocycles. The summed E-state index contributed by atoms with van der Waals surface area (Å²) in [5, 5.41) is 7.71. The highest BCUT2D eigenvalue weighted by molar-refractivity contribution is 7.10. The Balaban J connectivity index is 1.12. The van der Waals surface area contributed by atoms with Crippen molar-refractivity contribution in [2.45, 2.75) is 98.0 Å². The van der Waals surface area contributed by atoms with Gasteiger partial charge in [0.05, 0.1) is 24.1 Å². The average molecular weight is 921 g/mol. The van der Waals surface area contributed by atoms with Gasteiger partial charge in [-0.05, 0) is 97.5 Å². The molecule has 66 heavy (non-hydrogen) atoms. The maximum atomic E-state index is 14.7. The third kappa shape index (κ3) is 8.98. The number of carbonyl (C=O) groups excluding carboxylic acids is 5. The standard InChI is InChI=1S/C50H64N8O7S/c1-10-41(59)55-25-50(26-55)27-56(28-50)48(63)54(8)43(30(3)4)45(60)52-39-22-34-20-33(24-66-34)32-16-17-40-36(21-32)37(44(57(40)11-2)35-14-12-18-51-42(35)31(5)64-9)23-49(6,7)29-65-47(62)38-15-13-19-58(53-38)46(39)61/h10,12,14,16-18,20-21,24,30-31,38-39,43,53H,1,11,13,15,19,22-23,25-29H2,2-9H3,(H,52,60)/t31-,38-,39-,43-/m0/s1. The molecule has 352 valence electrons. The number of benzene rings is 1. The normalized spacial score (nSPS) is 21.4. The zero-order valence-electron chi connectivity index (χ0n) is 39.5. The quantitative estimate of drug-likeness (QED) is 0.147. The van der Waals surface area contributed by atoms with Gasteiger partial charge in [0.2, 0.25) is 11.8 Å². The number of amides is 5. The third-order valence-electron chi connectivity index (χ3n) is 13.8. The number of likely N-dealkylation sites (tertiary alicyclic amines) is 2. The minimum Gasteiger partial charge on any atom is -0.464 e. The predicted octanol–water partition coefficient (Wildman–Crippen LogP) is 6.21. The number of likely N-dealkylation sites (N-methyl/N-ethyl adjacent to an activating group) is 1. The second kappa shape index (κ2) is 18.6. The highest BCUT2D eigenvalue weighted by Gasteiger charge is 2.55. The first kappa shape index (κ1) is 46.9. The van der Waals surface area contributed by atoms with Crippen LogP contribution < -0.4 is 10.7 Å². The zero-order chi connectivity index (χ0) is 47.2. The van der Waals surface area contributed by atoms with Gasteiger partial charge in [-0.15, -0.1) is 11.3 Å². The first-order valence-corrected chi connectivity index (χ1v) is 24.0. The summed E-state index contributed by atoms with van der Waals surface area (Å²) in [5.74, 6) is -1.66. The molecule has 4 atom stereocenters. The van der Waals surface area contributed by atoms with Gasteiger partial charge in [-0.3, -0.25) is 29.2 Å². The van der Waals surface area contributed by atoms with Crippen LogP contribution in [0.15, 0.2) is 60.6 Å². The van der Waals surface area contributed by atoms with Crippen LogP contribution in [-0.2, 0) is 48.0 Å². The molecule has 2 N–H and O–H groups in total. The molecule has 0 radical (unpaired) electrons. The smallest absolute Gasteiger partial charge is 0.324 e. The van der Waals surface area contributed by atoms with E-state index in [4.69, 9.17) is 14.5 Å². The molecule has 4 aromatic rings. The number of methoxy groups -OCH3 is 1. The summed E-state index contributed by atoms with van der Waals surface area (Å²) in [6.07, 6.45) is 4.69. The Hall–Kier alpha value is -5.58. The largest absolute Gasteiger partial charge is 0.464 e. The molecule has 0 aliphatic carbocycles. The average Bonchev–Trinajstić information content (AvgIpc) is 3.87. The Bertz CT molecular complexity index is 2530. The van der Waals surface area contributed by atoms with E-state index in [2.05, 4.69) is 78.4 Å². The van der Waals surface area contributed by atoms with E-state index >= 15 is 0 Å². The molecule has 1 aromatic carbocycles. The molecular weight excluding hydrogens is 857 g/mol. The summed E-state index contributed by atoms with van der Waals surface area (Å²) >= 11 is 1.52. The maximum absolute atomic E-state index is 14.7. The van der Waals surface area contributed by atoms with Crippen LogP contribution in [-0.4, -0.2) is 131 Å². The number of hydrazine groups is 1. The number of hydrogen-bond acceptors (Lipinski definition) is 10. The van der Waals surface area contributed by atoms with Crippen molar-refractivity contribution >= 4 is 52.0 Å². The number of carbonyl (C=O) groups is 5. The number of cyclic esters (lactones) is 1. The van der Waals surface area contributed by atoms with Crippen LogP contribution in [0.4, 0.5) is 4.79 Å². The van der Waals surface area contributed by atoms with Crippen LogP contribution in [0.3, 0.4) is 0 Å². The molecule has 0 unspecified atom stereocenters. The number of nitrogens with zero attached hydrogens (tertiary/aromatic N) is 6. The van der Waals surface area contributed by atoms with Crippen LogP contribution in [0.5, 0.6) is 0 Å². The van der Waals surface area contributed by atoms with Crippen molar-refractivity contribution in [2.75, 3.05) is 53.5 Å². The van der Waals surface area contributed by atoms with Crippen LogP contribution in [0, 0.1) is 16.7 Å². The first-order chi connectivity index (χ1) is 31.5. The molecule has 4 aliphatic heterocycles. The minimum absolute atomic E-state index is 0.119. The van der Waals surface area contributed by atoms with Gasteiger partial charge in [0, 0.05) is 98.2 Å². The van der Waals surface area contributed by atoms with E-state index < -0.39 is 35.4 Å². The lowest BCUT2D eigenvalue weighted by molar-refractivity contribution is -0.155. The lowest BCUT2D eigenvalue weighted by atomic mass is 9.73. The Labute approximate surface area is 391 Å². The lowest BCUT2D eigenvalue weighted by Gasteiger charge is -2.60. The molecule has 16 heteroatoms. The van der Waals surface area contributed by atoms with Gasteiger partial charge in [-0.2, -0.15) is 0 Å². The van der Waals surface area contributed by atoms with Gasteiger partial charge in [0.25, 0.3) is 5.91 Å². The van der Waals surface area contributed by atoms with Gasteiger partial charge in [-0.25, -0.2) is 10.2 Å². The van der Waals surface area contributed by atoms with E-state index in [1.807, 2.05) is 26.8 Å². The Kier molecular flexibility index (Phi) is 13.2. The van der Waals surface area contributed by atoms with E-state index in [1.165, 1.54) is 27.3 Å². The topological polar surface area (TPSA) is 159 Å². The molecular formula is C50H64N8O7S. The van der Waals surface area contributed by atoms with E-state index in [1.54, 1.807) is 30.2 Å². The number of aromatic nitrogens is 2. The summed E-state index contributed by atoms with van der Waals surface area (Å²) in [5.41, 5.74) is 9.65. The number of ether oxygens (including phenoxy) is 2. The Morgan fingerprint density at radius 3 is 2.53 bits per heavy atom. The second-order valence-corrected chi connectivity index (χ2v) is 20.8. The Morgan fingerprint density at radius 1 is 1.09 bits per heavy atom. The highest BCUT2D eigenvalue weighted by Crippen LogP contribution is 2.43. The van der Waals surface area contributed by atoms with E-state index in [-0.39, 0.29) is 48.3 Å². The molecule has 0 saturated carbocycles. The van der Waals surface area contributed by atoms with Crippen LogP contribution in [0.1, 0.15) is 76.6 Å². The van der Waals surface area contributed by atoms with Gasteiger partial charge >= 0.3 is 12.0 Å². The number of urea groups is 1. The SMILES string of the molecule is C=CC(=O)N1CC2(C1)CN(C(=O)N(C)[C@H](C(=O)N[C@H]1Cc3cc(cs3)-c3ccc4c(c3)c(c(-c3cccnc3[C@H](C)OC)n4CC)CC(C)(C)COC(=O)[C@@H]3CCCN(N3)C1=O)C(C)C)C2. The summed E-state index contributed by atoms with van der Waals surface area (Å²) in [6, 6.07) is 9.75. The fourth-order valence-corrected chi connectivity index (χ4v) is 11.3. The molecule has 15 nitrogen and oxygen atoms in total. The fraction of sp³-hybridized carbons (Fsp3) is 0.520. The predicted molar refractivity (Wildman–Crippen MR) is 254 cm³/mol. The number of fused-ring (bicyclic) bond motifs is 6. The molecule has 8 rings (SSSR count). The number of nitrogens with one attached hydrogen (secondary N) is 2. The highest BCUT2D eigenvalue weighted by atomic mass is 32.1. The summed E-state index contributed by atoms with van der Waals surface area (Å²) < 4.78 is 14.3. The fourth-order valence-electron chi connectivity index (χ4n) is 10.4. The number of rotatable bonds is 9. The number of pyridine rings is 1. The molecule has 6 bridgehead atoms. The van der Waals surface area contributed by atoms with Crippen molar-refractivity contribution in [3.05, 3.63) is 76.8 Å². The van der Waals surface area contributed by atoms with Gasteiger partial charge in [-0.1, -0.05) is 40.3 Å². The Morgan fingerprint density at radius 2 is 1.83 bits per heavy atom. The number of aryl methyl sites for hydroxylation is 1. The maximum Gasteiger partial charge on any atom is 0.324 e. The molecule has 3 fully saturated rings. The van der Waals surface area contributed by atoms with E-state index in [0.29, 0.717) is 58.5 Å². The molecule has 3 saturated heterocycles. The molecule has 1 spiro atoms. The van der Waals surface area contributed by atoms with E-state index in [9.17, 15) is 24.0 Å². The van der Waals surface area contributed by atoms with Gasteiger partial charge in [0.1, 0.15) is 18.1 Å². The lowest BCUT2D eigenvalue weighted by Crippen LogP contribution is -2.74. The van der Waals surface area contributed by atoms with Crippen LogP contribution in [0.25, 0.3) is 33.3 Å². The van der Waals surface area contributed by atoms with E-state index in [0.717, 1.165) is 49.4 Å². The minimum atomic E-state index is -1.01. The monoisotopic (exact) mass is 920 g/mol. The molecule has 7 heterocycles. The number of hydrogen-bond donors (Lipinski definition) is 2. The van der Waals surface area contributed by atoms with Crippen molar-refractivity contribution in [3.63, 3.8) is 0 Å². The van der Waals surface area contributed by atoms with Crippen molar-refractivity contribution < 1.29 is 33.4 Å². The van der Waals surface area contributed by atoms with Gasteiger partial charge in [0.15, 0.2) is 0 Å². The first-order valence-electron chi connectivity index (χ1n) is 23.2. The number of esters is 1. The molecule has 4 aliphatic rings. The third-order valence-corrected chi connectivity index (χ3v) is 14.8. The second-order valence-electron chi connectivity index (χ2n) is 19.8. The van der Waals surface area contributed by atoms with Crippen LogP contribution in [0.2, 0.25) is 0 Å². The van der Waals surface area contributed by atoms with Gasteiger partial charge < -0.3 is 34.1 Å². The summed E-state index contributed by atoms with van der Waals surface area (Å²) in [7, 11) is 3.32. The zero-order valence-corrected chi connectivity index (χ0v) is 40.3. The number of thiophene rings is 1. The van der Waals surface area contributed by atoms with Crippen LogP contribution >= 0.6 is 11.3 Å².